The second-order valence-corrected chi connectivity index (χ2v) is 5.44. The summed E-state index contributed by atoms with van der Waals surface area (Å²) in [5, 5.41) is 9.49. The molecule has 128 valence electrons. The van der Waals surface area contributed by atoms with Gasteiger partial charge in [-0.25, -0.2) is 4.79 Å². The highest BCUT2D eigenvalue weighted by molar-refractivity contribution is 6.16. The van der Waals surface area contributed by atoms with Gasteiger partial charge in [0.15, 0.2) is 0 Å². The van der Waals surface area contributed by atoms with Gasteiger partial charge < -0.3 is 4.74 Å². The zero-order chi connectivity index (χ0) is 17.8. The maximum absolute atomic E-state index is 12.9. The Morgan fingerprint density at radius 2 is 1.72 bits per heavy atom. The van der Waals surface area contributed by atoms with Crippen LogP contribution in [0, 0.1) is 0 Å². The van der Waals surface area contributed by atoms with Crippen molar-refractivity contribution in [3.8, 4) is 0 Å². The van der Waals surface area contributed by atoms with E-state index in [9.17, 15) is 14.8 Å². The van der Waals surface area contributed by atoms with Gasteiger partial charge >= 0.3 is 5.97 Å². The summed E-state index contributed by atoms with van der Waals surface area (Å²) < 4.78 is 5.12. The van der Waals surface area contributed by atoms with Crippen molar-refractivity contribution in [2.24, 2.45) is 0 Å². The Morgan fingerprint density at radius 1 is 1.12 bits per heavy atom. The molecular formula is C19H18N2O4. The highest BCUT2D eigenvalue weighted by Gasteiger charge is 2.45. The van der Waals surface area contributed by atoms with Crippen LogP contribution in [0.15, 0.2) is 71.9 Å². The Balaban J connectivity index is 2.17. The van der Waals surface area contributed by atoms with Crippen molar-refractivity contribution in [3.63, 3.8) is 0 Å². The van der Waals surface area contributed by atoms with Crippen LogP contribution in [0.1, 0.15) is 18.5 Å². The number of ether oxygens (including phenoxy) is 1. The Bertz CT molecular complexity index is 803. The summed E-state index contributed by atoms with van der Waals surface area (Å²) in [5.74, 6) is -1.13. The molecule has 1 amide bonds. The van der Waals surface area contributed by atoms with Gasteiger partial charge in [0.25, 0.3) is 5.91 Å². The minimum absolute atomic E-state index is 0.0874. The van der Waals surface area contributed by atoms with Crippen LogP contribution in [0.4, 0.5) is 5.69 Å². The van der Waals surface area contributed by atoms with Gasteiger partial charge in [-0.2, -0.15) is 0 Å². The summed E-state index contributed by atoms with van der Waals surface area (Å²) in [5.41, 5.74) is 3.17. The number of nitrogens with zero attached hydrogens (tertiary/aromatic N) is 1. The maximum Gasteiger partial charge on any atom is 0.338 e. The third-order valence-electron chi connectivity index (χ3n) is 3.99. The van der Waals surface area contributed by atoms with E-state index in [1.807, 2.05) is 41.9 Å². The molecule has 0 fully saturated rings. The first-order valence-corrected chi connectivity index (χ1v) is 7.94. The van der Waals surface area contributed by atoms with Gasteiger partial charge in [-0.1, -0.05) is 48.5 Å². The number of para-hydroxylation sites is 1. The summed E-state index contributed by atoms with van der Waals surface area (Å²) in [6.07, 6.45) is 0. The van der Waals surface area contributed by atoms with E-state index in [1.54, 1.807) is 31.2 Å². The quantitative estimate of drug-likeness (QED) is 0.647. The van der Waals surface area contributed by atoms with Crippen LogP contribution in [0.5, 0.6) is 0 Å². The van der Waals surface area contributed by atoms with E-state index in [2.05, 4.69) is 0 Å². The summed E-state index contributed by atoms with van der Waals surface area (Å²) >= 11 is 0. The van der Waals surface area contributed by atoms with E-state index < -0.39 is 17.9 Å². The zero-order valence-corrected chi connectivity index (χ0v) is 13.7. The largest absolute Gasteiger partial charge is 0.463 e. The fourth-order valence-electron chi connectivity index (χ4n) is 2.96. The van der Waals surface area contributed by atoms with Crippen LogP contribution in [0.3, 0.4) is 0 Å². The molecule has 3 rings (SSSR count). The van der Waals surface area contributed by atoms with Crippen molar-refractivity contribution in [3.05, 3.63) is 77.5 Å². The topological polar surface area (TPSA) is 78.9 Å². The van der Waals surface area contributed by atoms with Crippen molar-refractivity contribution in [2.45, 2.75) is 13.0 Å². The third kappa shape index (κ3) is 2.99. The normalized spacial score (nSPS) is 17.0. The monoisotopic (exact) mass is 338 g/mol. The van der Waals surface area contributed by atoms with Crippen molar-refractivity contribution in [1.82, 2.24) is 5.48 Å². The molecule has 0 aromatic heterocycles. The number of amides is 1. The molecular weight excluding hydrogens is 320 g/mol. The van der Waals surface area contributed by atoms with Gasteiger partial charge in [0.1, 0.15) is 5.70 Å². The molecule has 2 N–H and O–H groups in total. The lowest BCUT2D eigenvalue weighted by Gasteiger charge is -2.26. The number of benzene rings is 2. The van der Waals surface area contributed by atoms with Gasteiger partial charge in [0.05, 0.1) is 18.2 Å². The predicted octanol–water partition coefficient (Wildman–Crippen LogP) is 2.57. The van der Waals surface area contributed by atoms with Crippen LogP contribution >= 0.6 is 0 Å². The van der Waals surface area contributed by atoms with Gasteiger partial charge in [0.2, 0.25) is 0 Å². The predicted molar refractivity (Wildman–Crippen MR) is 91.7 cm³/mol. The molecule has 2 aromatic carbocycles. The maximum atomic E-state index is 12.9. The molecule has 1 aliphatic heterocycles. The van der Waals surface area contributed by atoms with E-state index in [4.69, 9.17) is 4.74 Å². The van der Waals surface area contributed by atoms with Crippen LogP contribution in [-0.4, -0.2) is 23.7 Å². The number of anilines is 1. The first kappa shape index (κ1) is 16.7. The Labute approximate surface area is 145 Å². The summed E-state index contributed by atoms with van der Waals surface area (Å²) in [6, 6.07) is 17.5. The molecule has 6 nitrogen and oxygen atoms in total. The Kier molecular flexibility index (Phi) is 4.81. The number of nitrogens with one attached hydrogen (secondary N) is 1. The fourth-order valence-corrected chi connectivity index (χ4v) is 2.96. The molecule has 0 radical (unpaired) electrons. The Hall–Kier alpha value is -3.12. The molecule has 2 aromatic rings. The number of rotatable bonds is 5. The molecule has 1 unspecified atom stereocenters. The summed E-state index contributed by atoms with van der Waals surface area (Å²) in [7, 11) is 0. The van der Waals surface area contributed by atoms with Gasteiger partial charge in [-0.3, -0.25) is 20.4 Å². The standard InChI is InChI=1S/C19H18N2O4/c1-2-25-19(23)15-16(20-24)18(22)21(14-11-7-4-8-12-14)17(15)13-9-5-3-6-10-13/h3-12,17,20,24H,2H2,1H3. The zero-order valence-electron chi connectivity index (χ0n) is 13.7. The molecule has 1 atom stereocenters. The molecule has 6 heteroatoms. The highest BCUT2D eigenvalue weighted by atomic mass is 16.5. The molecule has 1 aliphatic rings. The van der Waals surface area contributed by atoms with Crippen LogP contribution in [0.2, 0.25) is 0 Å². The van der Waals surface area contributed by atoms with Gasteiger partial charge in [-0.05, 0) is 24.6 Å². The van der Waals surface area contributed by atoms with Crippen molar-refractivity contribution in [2.75, 3.05) is 11.5 Å². The molecule has 0 aliphatic carbocycles. The average Bonchev–Trinajstić information content (AvgIpc) is 2.95. The van der Waals surface area contributed by atoms with Crippen molar-refractivity contribution < 1.29 is 19.5 Å². The molecule has 0 saturated heterocycles. The number of carbonyl (C=O) groups excluding carboxylic acids is 2. The number of carbonyl (C=O) groups is 2. The van der Waals surface area contributed by atoms with E-state index >= 15 is 0 Å². The summed E-state index contributed by atoms with van der Waals surface area (Å²) in [6.45, 7) is 1.86. The fraction of sp³-hybridized carbons (Fsp3) is 0.158. The van der Waals surface area contributed by atoms with E-state index in [0.717, 1.165) is 5.56 Å². The summed E-state index contributed by atoms with van der Waals surface area (Å²) in [4.78, 5) is 26.9. The molecule has 0 bridgehead atoms. The first-order chi connectivity index (χ1) is 12.2. The lowest BCUT2D eigenvalue weighted by molar-refractivity contribution is -0.139. The van der Waals surface area contributed by atoms with Crippen LogP contribution < -0.4 is 10.4 Å². The molecule has 1 heterocycles. The highest BCUT2D eigenvalue weighted by Crippen LogP contribution is 2.40. The number of esters is 1. The SMILES string of the molecule is CCOC(=O)C1=C(NO)C(=O)N(c2ccccc2)C1c1ccccc1. The average molecular weight is 338 g/mol. The van der Waals surface area contributed by atoms with Gasteiger partial charge in [0, 0.05) is 5.69 Å². The number of hydroxylamine groups is 1. The van der Waals surface area contributed by atoms with Crippen molar-refractivity contribution in [1.29, 1.82) is 0 Å². The smallest absolute Gasteiger partial charge is 0.338 e. The van der Waals surface area contributed by atoms with Crippen molar-refractivity contribution >= 4 is 17.6 Å². The minimum atomic E-state index is -0.690. The molecule has 0 saturated carbocycles. The lowest BCUT2D eigenvalue weighted by Crippen LogP contribution is -2.32. The molecule has 25 heavy (non-hydrogen) atoms. The second-order valence-electron chi connectivity index (χ2n) is 5.44. The Morgan fingerprint density at radius 3 is 2.28 bits per heavy atom. The number of hydrogen-bond donors (Lipinski definition) is 2. The van der Waals surface area contributed by atoms with E-state index in [-0.39, 0.29) is 17.9 Å². The molecule has 0 spiro atoms. The van der Waals surface area contributed by atoms with Crippen LogP contribution in [-0.2, 0) is 14.3 Å². The third-order valence-corrected chi connectivity index (χ3v) is 3.99. The van der Waals surface area contributed by atoms with Gasteiger partial charge in [-0.15, -0.1) is 0 Å². The van der Waals surface area contributed by atoms with E-state index in [0.29, 0.717) is 5.69 Å². The first-order valence-electron chi connectivity index (χ1n) is 7.94. The number of hydrogen-bond acceptors (Lipinski definition) is 5. The second kappa shape index (κ2) is 7.19. The lowest BCUT2D eigenvalue weighted by atomic mass is 9.98. The minimum Gasteiger partial charge on any atom is -0.463 e. The van der Waals surface area contributed by atoms with Crippen LogP contribution in [0.25, 0.3) is 0 Å². The van der Waals surface area contributed by atoms with E-state index in [1.165, 1.54) is 4.90 Å².